The maximum absolute atomic E-state index is 11.5. The fraction of sp³-hybridized carbons (Fsp3) is 0.500. The Morgan fingerprint density at radius 1 is 1.29 bits per heavy atom. The van der Waals surface area contributed by atoms with Crippen LogP contribution in [-0.4, -0.2) is 23.4 Å². The Labute approximate surface area is 102 Å². The van der Waals surface area contributed by atoms with E-state index < -0.39 is 0 Å². The summed E-state index contributed by atoms with van der Waals surface area (Å²) in [5.74, 6) is 0.414. The number of rotatable bonds is 3. The van der Waals surface area contributed by atoms with Crippen molar-refractivity contribution in [2.75, 3.05) is 6.54 Å². The number of hydroxylamine groups is 2. The molecule has 0 aliphatic carbocycles. The smallest absolute Gasteiger partial charge is 0.138 e. The van der Waals surface area contributed by atoms with Gasteiger partial charge in [-0.05, 0) is 12.5 Å². The minimum absolute atomic E-state index is 0.0690. The summed E-state index contributed by atoms with van der Waals surface area (Å²) in [6, 6.07) is 10.3. The highest BCUT2D eigenvalue weighted by Gasteiger charge is 2.31. The van der Waals surface area contributed by atoms with Crippen molar-refractivity contribution in [3.63, 3.8) is 0 Å². The second kappa shape index (κ2) is 5.43. The van der Waals surface area contributed by atoms with E-state index in [0.717, 1.165) is 5.56 Å². The van der Waals surface area contributed by atoms with Gasteiger partial charge in [-0.3, -0.25) is 9.63 Å². The van der Waals surface area contributed by atoms with Gasteiger partial charge in [-0.2, -0.15) is 5.06 Å². The zero-order valence-electron chi connectivity index (χ0n) is 10.4. The lowest BCUT2D eigenvalue weighted by Crippen LogP contribution is -2.46. The normalized spacial score (nSPS) is 26.1. The molecule has 0 amide bonds. The summed E-state index contributed by atoms with van der Waals surface area (Å²) in [5.41, 5.74) is 1.16. The predicted octanol–water partition coefficient (Wildman–Crippen LogP) is 2.42. The molecule has 1 saturated heterocycles. The highest BCUT2D eigenvalue weighted by Crippen LogP contribution is 2.21. The summed E-state index contributed by atoms with van der Waals surface area (Å²) < 4.78 is 0. The average molecular weight is 233 g/mol. The topological polar surface area (TPSA) is 29.5 Å². The van der Waals surface area contributed by atoms with Crippen LogP contribution in [0.2, 0.25) is 0 Å². The first-order chi connectivity index (χ1) is 8.18. The molecule has 0 spiro atoms. The number of carbonyl (C=O) groups is 1. The van der Waals surface area contributed by atoms with Crippen molar-refractivity contribution in [3.8, 4) is 0 Å². The molecule has 0 aromatic heterocycles. The molecule has 2 rings (SSSR count). The van der Waals surface area contributed by atoms with E-state index >= 15 is 0 Å². The molecule has 1 heterocycles. The van der Waals surface area contributed by atoms with Crippen molar-refractivity contribution in [3.05, 3.63) is 35.9 Å². The van der Waals surface area contributed by atoms with Gasteiger partial charge >= 0.3 is 0 Å². The maximum Gasteiger partial charge on any atom is 0.138 e. The summed E-state index contributed by atoms with van der Waals surface area (Å²) in [4.78, 5) is 17.3. The largest absolute Gasteiger partial charge is 0.299 e. The number of carbonyl (C=O) groups excluding carboxylic acids is 1. The van der Waals surface area contributed by atoms with E-state index in [1.54, 1.807) is 0 Å². The first kappa shape index (κ1) is 12.3. The van der Waals surface area contributed by atoms with E-state index in [2.05, 4.69) is 0 Å². The number of ketones is 1. The van der Waals surface area contributed by atoms with Gasteiger partial charge in [0.05, 0.1) is 6.61 Å². The second-order valence-electron chi connectivity index (χ2n) is 4.65. The van der Waals surface area contributed by atoms with E-state index in [1.165, 1.54) is 0 Å². The lowest BCUT2D eigenvalue weighted by Gasteiger charge is -2.35. The van der Waals surface area contributed by atoms with Crippen LogP contribution >= 0.6 is 0 Å². The van der Waals surface area contributed by atoms with Crippen LogP contribution in [-0.2, 0) is 16.2 Å². The van der Waals surface area contributed by atoms with Crippen molar-refractivity contribution in [1.29, 1.82) is 0 Å². The van der Waals surface area contributed by atoms with Crippen molar-refractivity contribution in [1.82, 2.24) is 5.06 Å². The van der Waals surface area contributed by atoms with E-state index in [-0.39, 0.29) is 12.0 Å². The van der Waals surface area contributed by atoms with E-state index in [1.807, 2.05) is 49.2 Å². The van der Waals surface area contributed by atoms with Gasteiger partial charge in [-0.25, -0.2) is 0 Å². The summed E-state index contributed by atoms with van der Waals surface area (Å²) in [5, 5.41) is 1.94. The monoisotopic (exact) mass is 233 g/mol. The average Bonchev–Trinajstić information content (AvgIpc) is 2.36. The van der Waals surface area contributed by atoms with E-state index in [0.29, 0.717) is 25.4 Å². The molecule has 0 saturated carbocycles. The van der Waals surface area contributed by atoms with Gasteiger partial charge in [-0.1, -0.05) is 37.3 Å². The molecule has 2 atom stereocenters. The lowest BCUT2D eigenvalue weighted by molar-refractivity contribution is -0.212. The van der Waals surface area contributed by atoms with E-state index in [9.17, 15) is 4.79 Å². The van der Waals surface area contributed by atoms with Crippen LogP contribution < -0.4 is 0 Å². The van der Waals surface area contributed by atoms with Crippen LogP contribution in [0.1, 0.15) is 25.8 Å². The molecular weight excluding hydrogens is 214 g/mol. The highest BCUT2D eigenvalue weighted by molar-refractivity contribution is 5.82. The number of hydrogen-bond acceptors (Lipinski definition) is 3. The Kier molecular flexibility index (Phi) is 3.92. The van der Waals surface area contributed by atoms with Gasteiger partial charge < -0.3 is 0 Å². The molecule has 1 aliphatic rings. The minimum Gasteiger partial charge on any atom is -0.299 e. The Balaban J connectivity index is 1.89. The highest BCUT2D eigenvalue weighted by atomic mass is 16.7. The van der Waals surface area contributed by atoms with Gasteiger partial charge in [0.25, 0.3) is 0 Å². The zero-order chi connectivity index (χ0) is 12.3. The molecule has 17 heavy (non-hydrogen) atoms. The third kappa shape index (κ3) is 2.93. The summed E-state index contributed by atoms with van der Waals surface area (Å²) in [6.07, 6.45) is 0.598. The molecule has 1 fully saturated rings. The molecule has 3 nitrogen and oxygen atoms in total. The first-order valence-corrected chi connectivity index (χ1v) is 6.14. The van der Waals surface area contributed by atoms with Crippen molar-refractivity contribution in [2.24, 2.45) is 5.92 Å². The zero-order valence-corrected chi connectivity index (χ0v) is 10.4. The van der Waals surface area contributed by atoms with Crippen LogP contribution in [0.4, 0.5) is 0 Å². The number of hydrogen-bond donors (Lipinski definition) is 0. The van der Waals surface area contributed by atoms with Gasteiger partial charge in [0.1, 0.15) is 5.78 Å². The molecule has 0 bridgehead atoms. The van der Waals surface area contributed by atoms with Crippen molar-refractivity contribution >= 4 is 5.78 Å². The molecule has 0 N–H and O–H groups in total. The quantitative estimate of drug-likeness (QED) is 0.803. The molecule has 1 aliphatic heterocycles. The van der Waals surface area contributed by atoms with Crippen LogP contribution in [0.15, 0.2) is 30.3 Å². The minimum atomic E-state index is 0.0690. The number of benzene rings is 1. The van der Waals surface area contributed by atoms with Crippen LogP contribution in [0.5, 0.6) is 0 Å². The fourth-order valence-corrected chi connectivity index (χ4v) is 2.08. The Morgan fingerprint density at radius 3 is 2.71 bits per heavy atom. The second-order valence-corrected chi connectivity index (χ2v) is 4.65. The van der Waals surface area contributed by atoms with Gasteiger partial charge in [-0.15, -0.1) is 0 Å². The van der Waals surface area contributed by atoms with Gasteiger partial charge in [0, 0.05) is 24.9 Å². The Hall–Kier alpha value is -1.19. The number of Topliss-reactive ketones (excluding diaryl/α,β-unsaturated/α-hetero) is 1. The number of piperidine rings is 1. The van der Waals surface area contributed by atoms with Gasteiger partial charge in [0.15, 0.2) is 0 Å². The molecule has 2 unspecified atom stereocenters. The summed E-state index contributed by atoms with van der Waals surface area (Å²) in [6.45, 7) is 5.31. The van der Waals surface area contributed by atoms with Crippen molar-refractivity contribution in [2.45, 2.75) is 32.9 Å². The van der Waals surface area contributed by atoms with Crippen LogP contribution in [0, 0.1) is 5.92 Å². The molecule has 0 radical (unpaired) electrons. The number of nitrogens with zero attached hydrogens (tertiary/aromatic N) is 1. The molecule has 1 aromatic rings. The third-order valence-electron chi connectivity index (χ3n) is 3.50. The Bertz CT molecular complexity index is 377. The molecule has 1 aromatic carbocycles. The Morgan fingerprint density at radius 2 is 2.00 bits per heavy atom. The lowest BCUT2D eigenvalue weighted by atomic mass is 9.92. The molecular formula is C14H19NO2. The van der Waals surface area contributed by atoms with E-state index in [4.69, 9.17) is 4.84 Å². The van der Waals surface area contributed by atoms with Crippen molar-refractivity contribution < 1.29 is 9.63 Å². The SMILES string of the molecule is CC1C(=O)CCN(OCc2ccccc2)C1C. The summed E-state index contributed by atoms with van der Waals surface area (Å²) in [7, 11) is 0. The predicted molar refractivity (Wildman–Crippen MR) is 66.2 cm³/mol. The van der Waals surface area contributed by atoms with Crippen LogP contribution in [0.3, 0.4) is 0 Å². The van der Waals surface area contributed by atoms with Crippen LogP contribution in [0.25, 0.3) is 0 Å². The fourth-order valence-electron chi connectivity index (χ4n) is 2.08. The van der Waals surface area contributed by atoms with Gasteiger partial charge in [0.2, 0.25) is 0 Å². The molecule has 92 valence electrons. The standard InChI is InChI=1S/C14H19NO2/c1-11-12(2)15(9-8-14(11)16)17-10-13-6-4-3-5-7-13/h3-7,11-12H,8-10H2,1-2H3. The third-order valence-corrected chi connectivity index (χ3v) is 3.50. The maximum atomic E-state index is 11.5. The molecule has 3 heteroatoms. The first-order valence-electron chi connectivity index (χ1n) is 6.14. The summed E-state index contributed by atoms with van der Waals surface area (Å²) >= 11 is 0.